The van der Waals surface area contributed by atoms with Crippen LogP contribution in [0.4, 0.5) is 0 Å². The molecule has 0 aliphatic rings. The van der Waals surface area contributed by atoms with Crippen molar-refractivity contribution in [1.29, 1.82) is 0 Å². The van der Waals surface area contributed by atoms with Crippen LogP contribution in [0.2, 0.25) is 0 Å². The van der Waals surface area contributed by atoms with Gasteiger partial charge in [0.05, 0.1) is 0 Å². The number of carboxylic acid groups (broad SMARTS) is 1. The summed E-state index contributed by atoms with van der Waals surface area (Å²) in [5, 5.41) is 12.7. The van der Waals surface area contributed by atoms with Crippen molar-refractivity contribution < 1.29 is 23.1 Å². The van der Waals surface area contributed by atoms with Crippen molar-refractivity contribution >= 4 is 33.2 Å². The number of unbranched alkanes of at least 4 members (excludes halogenated alkanes) is 1. The minimum absolute atomic E-state index is 0.0290. The fourth-order valence-electron chi connectivity index (χ4n) is 1.50. The van der Waals surface area contributed by atoms with Crippen molar-refractivity contribution in [2.45, 2.75) is 29.9 Å². The molecule has 0 bridgehead atoms. The van der Waals surface area contributed by atoms with Gasteiger partial charge >= 0.3 is 5.97 Å². The Morgan fingerprint density at radius 3 is 2.57 bits per heavy atom. The van der Waals surface area contributed by atoms with Crippen molar-refractivity contribution in [3.8, 4) is 0 Å². The van der Waals surface area contributed by atoms with Crippen molar-refractivity contribution in [2.24, 2.45) is 0 Å². The molecule has 0 atom stereocenters. The van der Waals surface area contributed by atoms with Crippen LogP contribution in [0.1, 0.15) is 25.7 Å². The lowest BCUT2D eigenvalue weighted by Crippen LogP contribution is -2.31. The first-order valence-corrected chi connectivity index (χ1v) is 8.80. The monoisotopic (exact) mass is 334 g/mol. The van der Waals surface area contributed by atoms with E-state index in [1.165, 1.54) is 6.07 Å². The van der Waals surface area contributed by atoms with Gasteiger partial charge in [0.1, 0.15) is 4.21 Å². The molecular formula is C12H18N2O5S2. The zero-order valence-electron chi connectivity index (χ0n) is 11.4. The summed E-state index contributed by atoms with van der Waals surface area (Å²) in [5.41, 5.74) is 0. The van der Waals surface area contributed by atoms with Gasteiger partial charge in [-0.1, -0.05) is 6.07 Å². The third-order valence-electron chi connectivity index (χ3n) is 2.54. The Morgan fingerprint density at radius 2 is 1.95 bits per heavy atom. The highest BCUT2D eigenvalue weighted by molar-refractivity contribution is 7.91. The van der Waals surface area contributed by atoms with Crippen molar-refractivity contribution in [3.63, 3.8) is 0 Å². The predicted molar refractivity (Wildman–Crippen MR) is 78.6 cm³/mol. The number of thiophene rings is 1. The van der Waals surface area contributed by atoms with Gasteiger partial charge in [-0.3, -0.25) is 9.59 Å². The van der Waals surface area contributed by atoms with Crippen LogP contribution in [0.15, 0.2) is 21.7 Å². The van der Waals surface area contributed by atoms with E-state index in [0.717, 1.165) is 11.3 Å². The second-order valence-electron chi connectivity index (χ2n) is 4.28. The van der Waals surface area contributed by atoms with E-state index in [-0.39, 0.29) is 29.5 Å². The van der Waals surface area contributed by atoms with E-state index in [1.54, 1.807) is 11.4 Å². The summed E-state index contributed by atoms with van der Waals surface area (Å²) < 4.78 is 26.1. The summed E-state index contributed by atoms with van der Waals surface area (Å²) in [6, 6.07) is 3.14. The van der Waals surface area contributed by atoms with Crippen LogP contribution in [0, 0.1) is 0 Å². The number of rotatable bonds is 10. The van der Waals surface area contributed by atoms with Gasteiger partial charge in [-0.2, -0.15) is 0 Å². The van der Waals surface area contributed by atoms with Crippen LogP contribution in [0.5, 0.6) is 0 Å². The maximum atomic E-state index is 11.7. The fourth-order valence-corrected chi connectivity index (χ4v) is 3.57. The van der Waals surface area contributed by atoms with Crippen LogP contribution in [-0.2, 0) is 19.6 Å². The summed E-state index contributed by atoms with van der Waals surface area (Å²) in [6.07, 6.45) is 1.21. The van der Waals surface area contributed by atoms with Crippen LogP contribution >= 0.6 is 11.3 Å². The molecule has 21 heavy (non-hydrogen) atoms. The highest BCUT2D eigenvalue weighted by Gasteiger charge is 2.14. The molecule has 0 spiro atoms. The topological polar surface area (TPSA) is 113 Å². The van der Waals surface area contributed by atoms with E-state index in [9.17, 15) is 18.0 Å². The molecule has 0 unspecified atom stereocenters. The second-order valence-corrected chi connectivity index (χ2v) is 7.22. The molecule has 0 radical (unpaired) electrons. The summed E-state index contributed by atoms with van der Waals surface area (Å²) in [7, 11) is -3.53. The number of carbonyl (C=O) groups is 2. The van der Waals surface area contributed by atoms with Gasteiger partial charge in [-0.25, -0.2) is 13.1 Å². The molecule has 118 valence electrons. The van der Waals surface area contributed by atoms with Crippen molar-refractivity contribution in [2.75, 3.05) is 13.1 Å². The molecular weight excluding hydrogens is 316 g/mol. The van der Waals surface area contributed by atoms with Crippen LogP contribution in [-0.4, -0.2) is 38.5 Å². The average molecular weight is 334 g/mol. The number of hydrogen-bond acceptors (Lipinski definition) is 5. The first-order chi connectivity index (χ1) is 9.92. The number of hydrogen-bond donors (Lipinski definition) is 3. The standard InChI is InChI=1S/C12H18N2O5S2/c15-10(13-7-2-1-4-11(16)17)6-8-14-21(18,19)12-5-3-9-20-12/h3,5,9,14H,1-2,4,6-8H2,(H,13,15)(H,16,17). The molecule has 0 saturated carbocycles. The summed E-state index contributed by atoms with van der Waals surface area (Å²) >= 11 is 1.11. The van der Waals surface area contributed by atoms with Crippen LogP contribution in [0.3, 0.4) is 0 Å². The zero-order valence-corrected chi connectivity index (χ0v) is 13.0. The minimum Gasteiger partial charge on any atom is -0.481 e. The number of aliphatic carboxylic acids is 1. The molecule has 1 rings (SSSR count). The van der Waals surface area contributed by atoms with E-state index in [0.29, 0.717) is 19.4 Å². The van der Waals surface area contributed by atoms with Gasteiger partial charge in [-0.05, 0) is 24.3 Å². The molecule has 0 aliphatic heterocycles. The molecule has 1 amide bonds. The lowest BCUT2D eigenvalue weighted by atomic mass is 10.2. The maximum absolute atomic E-state index is 11.7. The number of carbonyl (C=O) groups excluding carboxylic acids is 1. The largest absolute Gasteiger partial charge is 0.481 e. The van der Waals surface area contributed by atoms with Crippen molar-refractivity contribution in [3.05, 3.63) is 17.5 Å². The lowest BCUT2D eigenvalue weighted by molar-refractivity contribution is -0.137. The minimum atomic E-state index is -3.53. The Morgan fingerprint density at radius 1 is 1.19 bits per heavy atom. The molecule has 0 saturated heterocycles. The quantitative estimate of drug-likeness (QED) is 0.548. The Labute approximate surface area is 127 Å². The first kappa shape index (κ1) is 17.6. The van der Waals surface area contributed by atoms with E-state index in [4.69, 9.17) is 5.11 Å². The smallest absolute Gasteiger partial charge is 0.303 e. The Kier molecular flexibility index (Phi) is 7.34. The molecule has 0 fully saturated rings. The SMILES string of the molecule is O=C(O)CCCCNC(=O)CCNS(=O)(=O)c1cccs1. The Hall–Kier alpha value is -1.45. The van der Waals surface area contributed by atoms with E-state index < -0.39 is 16.0 Å². The van der Waals surface area contributed by atoms with E-state index >= 15 is 0 Å². The van der Waals surface area contributed by atoms with E-state index in [2.05, 4.69) is 10.0 Å². The number of nitrogens with one attached hydrogen (secondary N) is 2. The molecule has 1 aromatic rings. The molecule has 0 aliphatic carbocycles. The highest BCUT2D eigenvalue weighted by atomic mass is 32.2. The third kappa shape index (κ3) is 7.21. The van der Waals surface area contributed by atoms with Gasteiger partial charge in [-0.15, -0.1) is 11.3 Å². The fraction of sp³-hybridized carbons (Fsp3) is 0.500. The number of carboxylic acids is 1. The third-order valence-corrected chi connectivity index (χ3v) is 5.40. The molecule has 1 aromatic heterocycles. The maximum Gasteiger partial charge on any atom is 0.303 e. The zero-order chi connectivity index (χ0) is 15.7. The van der Waals surface area contributed by atoms with Gasteiger partial charge in [0.15, 0.2) is 0 Å². The number of sulfonamides is 1. The first-order valence-electron chi connectivity index (χ1n) is 6.43. The number of amides is 1. The Balaban J connectivity index is 2.15. The van der Waals surface area contributed by atoms with Gasteiger partial charge in [0.2, 0.25) is 15.9 Å². The van der Waals surface area contributed by atoms with E-state index in [1.807, 2.05) is 0 Å². The van der Waals surface area contributed by atoms with Gasteiger partial charge < -0.3 is 10.4 Å². The van der Waals surface area contributed by atoms with Gasteiger partial charge in [0.25, 0.3) is 0 Å². The summed E-state index contributed by atoms with van der Waals surface area (Å²) in [6.45, 7) is 0.422. The molecule has 9 heteroatoms. The van der Waals surface area contributed by atoms with Crippen molar-refractivity contribution in [1.82, 2.24) is 10.0 Å². The Bertz CT molecular complexity index is 554. The average Bonchev–Trinajstić information content (AvgIpc) is 2.92. The van der Waals surface area contributed by atoms with Gasteiger partial charge in [0, 0.05) is 25.9 Å². The molecule has 0 aromatic carbocycles. The molecule has 3 N–H and O–H groups in total. The second kappa shape index (κ2) is 8.75. The molecule has 7 nitrogen and oxygen atoms in total. The normalized spacial score (nSPS) is 11.2. The lowest BCUT2D eigenvalue weighted by Gasteiger charge is -2.06. The summed E-state index contributed by atoms with van der Waals surface area (Å²) in [4.78, 5) is 21.7. The summed E-state index contributed by atoms with van der Waals surface area (Å²) in [5.74, 6) is -1.12. The predicted octanol–water partition coefficient (Wildman–Crippen LogP) is 0.788. The highest BCUT2D eigenvalue weighted by Crippen LogP contribution is 2.14. The van der Waals surface area contributed by atoms with Crippen LogP contribution in [0.25, 0.3) is 0 Å². The van der Waals surface area contributed by atoms with Crippen LogP contribution < -0.4 is 10.0 Å². The molecule has 1 heterocycles.